The highest BCUT2D eigenvalue weighted by Crippen LogP contribution is 2.22. The van der Waals surface area contributed by atoms with Crippen molar-refractivity contribution in [1.29, 1.82) is 0 Å². The van der Waals surface area contributed by atoms with Crippen LogP contribution >= 0.6 is 0 Å². The molecule has 0 spiro atoms. The molecule has 3 heteroatoms. The van der Waals surface area contributed by atoms with Crippen LogP contribution in [0.5, 0.6) is 0 Å². The van der Waals surface area contributed by atoms with Crippen molar-refractivity contribution in [2.75, 3.05) is 6.54 Å². The lowest BCUT2D eigenvalue weighted by molar-refractivity contribution is 0.0504. The molecule has 1 amide bonds. The van der Waals surface area contributed by atoms with Crippen molar-refractivity contribution in [2.45, 2.75) is 59.5 Å². The van der Waals surface area contributed by atoms with E-state index in [9.17, 15) is 4.79 Å². The van der Waals surface area contributed by atoms with E-state index in [0.29, 0.717) is 6.54 Å². The van der Waals surface area contributed by atoms with Gasteiger partial charge in [0.15, 0.2) is 0 Å². The first-order valence-electron chi connectivity index (χ1n) is 6.24. The molecular weight excluding hydrogens is 214 g/mol. The van der Waals surface area contributed by atoms with Gasteiger partial charge in [-0.2, -0.15) is 0 Å². The highest BCUT2D eigenvalue weighted by atomic mass is 16.6. The zero-order chi connectivity index (χ0) is 13.5. The van der Waals surface area contributed by atoms with Gasteiger partial charge in [-0.3, -0.25) is 0 Å². The SMILES string of the molecule is C=CCCCC(C)(C)CNC(=O)OC(C)(C)C. The molecule has 1 N–H and O–H groups in total. The third-order valence-electron chi connectivity index (χ3n) is 2.37. The van der Waals surface area contributed by atoms with Crippen LogP contribution in [0.3, 0.4) is 0 Å². The minimum absolute atomic E-state index is 0.0971. The molecule has 0 unspecified atom stereocenters. The van der Waals surface area contributed by atoms with E-state index >= 15 is 0 Å². The molecule has 0 aromatic carbocycles. The van der Waals surface area contributed by atoms with Gasteiger partial charge in [0.05, 0.1) is 0 Å². The number of amides is 1. The maximum Gasteiger partial charge on any atom is 0.407 e. The number of ether oxygens (including phenoxy) is 1. The summed E-state index contributed by atoms with van der Waals surface area (Å²) in [6.07, 6.45) is 4.78. The summed E-state index contributed by atoms with van der Waals surface area (Å²) in [5, 5.41) is 2.82. The molecule has 0 rings (SSSR count). The van der Waals surface area contributed by atoms with E-state index in [1.807, 2.05) is 26.8 Å². The number of alkyl carbamates (subject to hydrolysis) is 1. The molecule has 0 saturated carbocycles. The van der Waals surface area contributed by atoms with Crippen LogP contribution in [0, 0.1) is 5.41 Å². The molecule has 0 heterocycles. The molecule has 0 aromatic heterocycles. The number of unbranched alkanes of at least 4 members (excludes halogenated alkanes) is 1. The van der Waals surface area contributed by atoms with Gasteiger partial charge in [-0.05, 0) is 45.4 Å². The molecule has 3 nitrogen and oxygen atoms in total. The lowest BCUT2D eigenvalue weighted by Gasteiger charge is -2.26. The van der Waals surface area contributed by atoms with E-state index in [1.165, 1.54) is 0 Å². The second-order valence-corrected chi connectivity index (χ2v) is 6.20. The minimum atomic E-state index is -0.433. The zero-order valence-corrected chi connectivity index (χ0v) is 11.9. The molecule has 100 valence electrons. The van der Waals surface area contributed by atoms with Crippen LogP contribution in [0.1, 0.15) is 53.9 Å². The van der Waals surface area contributed by atoms with Gasteiger partial charge < -0.3 is 10.1 Å². The average Bonchev–Trinajstić information content (AvgIpc) is 2.13. The van der Waals surface area contributed by atoms with Crippen molar-refractivity contribution in [3.63, 3.8) is 0 Å². The Labute approximate surface area is 106 Å². The van der Waals surface area contributed by atoms with E-state index in [1.54, 1.807) is 0 Å². The summed E-state index contributed by atoms with van der Waals surface area (Å²) in [5.41, 5.74) is -0.336. The van der Waals surface area contributed by atoms with Gasteiger partial charge in [-0.15, -0.1) is 6.58 Å². The Hall–Kier alpha value is -0.990. The number of carbonyl (C=O) groups excluding carboxylic acids is 1. The van der Waals surface area contributed by atoms with Crippen LogP contribution in [0.4, 0.5) is 4.79 Å². The van der Waals surface area contributed by atoms with E-state index < -0.39 is 5.60 Å². The lowest BCUT2D eigenvalue weighted by atomic mass is 9.87. The van der Waals surface area contributed by atoms with Crippen molar-refractivity contribution in [1.82, 2.24) is 5.32 Å². The topological polar surface area (TPSA) is 38.3 Å². The maximum atomic E-state index is 11.5. The molecule has 0 saturated heterocycles. The second kappa shape index (κ2) is 6.67. The Morgan fingerprint density at radius 3 is 2.35 bits per heavy atom. The number of carbonyl (C=O) groups is 1. The summed E-state index contributed by atoms with van der Waals surface area (Å²) < 4.78 is 5.19. The van der Waals surface area contributed by atoms with Crippen molar-refractivity contribution >= 4 is 6.09 Å². The summed E-state index contributed by atoms with van der Waals surface area (Å²) in [4.78, 5) is 11.5. The molecule has 0 aromatic rings. The molecule has 0 radical (unpaired) electrons. The first-order chi connectivity index (χ1) is 7.66. The molecule has 0 aliphatic heterocycles. The van der Waals surface area contributed by atoms with Crippen LogP contribution in [-0.2, 0) is 4.74 Å². The van der Waals surface area contributed by atoms with Crippen LogP contribution in [0.2, 0.25) is 0 Å². The predicted molar refractivity (Wildman–Crippen MR) is 72.1 cm³/mol. The van der Waals surface area contributed by atoms with Crippen molar-refractivity contribution < 1.29 is 9.53 Å². The molecular formula is C14H27NO2. The highest BCUT2D eigenvalue weighted by Gasteiger charge is 2.21. The predicted octanol–water partition coefficient (Wildman–Crippen LogP) is 3.89. The van der Waals surface area contributed by atoms with E-state index in [-0.39, 0.29) is 11.5 Å². The largest absolute Gasteiger partial charge is 0.444 e. The maximum absolute atomic E-state index is 11.5. The van der Waals surface area contributed by atoms with E-state index in [2.05, 4.69) is 25.7 Å². The normalized spacial score (nSPS) is 12.1. The van der Waals surface area contributed by atoms with Crippen molar-refractivity contribution in [2.24, 2.45) is 5.41 Å². The number of hydrogen-bond acceptors (Lipinski definition) is 2. The Balaban J connectivity index is 3.92. The number of allylic oxidation sites excluding steroid dienone is 1. The van der Waals surface area contributed by atoms with Crippen LogP contribution in [-0.4, -0.2) is 18.2 Å². The van der Waals surface area contributed by atoms with Gasteiger partial charge in [0.1, 0.15) is 5.60 Å². The monoisotopic (exact) mass is 241 g/mol. The first kappa shape index (κ1) is 16.0. The third kappa shape index (κ3) is 9.91. The quantitative estimate of drug-likeness (QED) is 0.566. The van der Waals surface area contributed by atoms with Gasteiger partial charge in [0.2, 0.25) is 0 Å². The van der Waals surface area contributed by atoms with E-state index in [4.69, 9.17) is 4.74 Å². The van der Waals surface area contributed by atoms with E-state index in [0.717, 1.165) is 19.3 Å². The first-order valence-corrected chi connectivity index (χ1v) is 6.24. The summed E-state index contributed by atoms with van der Waals surface area (Å²) in [6, 6.07) is 0. The van der Waals surface area contributed by atoms with Gasteiger partial charge in [-0.1, -0.05) is 19.9 Å². The zero-order valence-electron chi connectivity index (χ0n) is 11.9. The fraction of sp³-hybridized carbons (Fsp3) is 0.786. The van der Waals surface area contributed by atoms with Gasteiger partial charge in [-0.25, -0.2) is 4.79 Å². The van der Waals surface area contributed by atoms with Crippen molar-refractivity contribution in [3.05, 3.63) is 12.7 Å². The molecule has 0 aliphatic rings. The Bertz CT molecular complexity index is 251. The highest BCUT2D eigenvalue weighted by molar-refractivity contribution is 5.67. The fourth-order valence-electron chi connectivity index (χ4n) is 1.44. The number of nitrogens with one attached hydrogen (secondary N) is 1. The van der Waals surface area contributed by atoms with Crippen LogP contribution in [0.15, 0.2) is 12.7 Å². The van der Waals surface area contributed by atoms with Crippen LogP contribution < -0.4 is 5.32 Å². The molecule has 17 heavy (non-hydrogen) atoms. The smallest absolute Gasteiger partial charge is 0.407 e. The Morgan fingerprint density at radius 1 is 1.29 bits per heavy atom. The summed E-state index contributed by atoms with van der Waals surface area (Å²) in [5.74, 6) is 0. The molecule has 0 aliphatic carbocycles. The summed E-state index contributed by atoms with van der Waals surface area (Å²) >= 11 is 0. The third-order valence-corrected chi connectivity index (χ3v) is 2.37. The van der Waals surface area contributed by atoms with Crippen LogP contribution in [0.25, 0.3) is 0 Å². The van der Waals surface area contributed by atoms with Gasteiger partial charge in [0, 0.05) is 6.54 Å². The minimum Gasteiger partial charge on any atom is -0.444 e. The number of rotatable bonds is 6. The fourth-order valence-corrected chi connectivity index (χ4v) is 1.44. The average molecular weight is 241 g/mol. The number of hydrogen-bond donors (Lipinski definition) is 1. The second-order valence-electron chi connectivity index (χ2n) is 6.20. The Kier molecular flexibility index (Phi) is 6.29. The Morgan fingerprint density at radius 2 is 1.88 bits per heavy atom. The lowest BCUT2D eigenvalue weighted by Crippen LogP contribution is -2.38. The summed E-state index contributed by atoms with van der Waals surface area (Å²) in [7, 11) is 0. The van der Waals surface area contributed by atoms with Gasteiger partial charge in [0.25, 0.3) is 0 Å². The summed E-state index contributed by atoms with van der Waals surface area (Å²) in [6.45, 7) is 14.2. The molecule has 0 atom stereocenters. The molecule has 0 bridgehead atoms. The molecule has 0 fully saturated rings. The van der Waals surface area contributed by atoms with Crippen molar-refractivity contribution in [3.8, 4) is 0 Å². The standard InChI is InChI=1S/C14H27NO2/c1-7-8-9-10-14(5,6)11-15-12(16)17-13(2,3)4/h7H,1,8-11H2,2-6H3,(H,15,16). The van der Waals surface area contributed by atoms with Gasteiger partial charge >= 0.3 is 6.09 Å².